The van der Waals surface area contributed by atoms with Gasteiger partial charge < -0.3 is 0 Å². The second kappa shape index (κ2) is 4.28. The summed E-state index contributed by atoms with van der Waals surface area (Å²) in [6, 6.07) is 3.91. The number of nitrogens with zero attached hydrogens (tertiary/aromatic N) is 3. The van der Waals surface area contributed by atoms with Crippen LogP contribution in [-0.2, 0) is 0 Å². The smallest absolute Gasteiger partial charge is 0.160 e. The van der Waals surface area contributed by atoms with Crippen LogP contribution in [-0.4, -0.2) is 14.6 Å². The molecule has 0 amide bonds. The van der Waals surface area contributed by atoms with Crippen molar-refractivity contribution in [2.75, 3.05) is 0 Å². The van der Waals surface area contributed by atoms with Crippen LogP contribution in [0.3, 0.4) is 0 Å². The van der Waals surface area contributed by atoms with Crippen LogP contribution in [0.25, 0.3) is 5.65 Å². The van der Waals surface area contributed by atoms with Gasteiger partial charge in [-0.3, -0.25) is 4.40 Å². The molecule has 0 atom stereocenters. The molecule has 0 aliphatic rings. The third-order valence-electron chi connectivity index (χ3n) is 1.91. The molecule has 0 aromatic carbocycles. The summed E-state index contributed by atoms with van der Waals surface area (Å²) in [7, 11) is 0. The Balaban J connectivity index is 0.000000980. The van der Waals surface area contributed by atoms with E-state index in [9.17, 15) is 0 Å². The van der Waals surface area contributed by atoms with Gasteiger partial charge in [0, 0.05) is 16.6 Å². The van der Waals surface area contributed by atoms with Gasteiger partial charge in [0.05, 0.1) is 0 Å². The fraction of sp³-hybridized carbons (Fsp3) is 0.333. The van der Waals surface area contributed by atoms with Crippen molar-refractivity contribution in [1.82, 2.24) is 14.6 Å². The van der Waals surface area contributed by atoms with Crippen molar-refractivity contribution in [1.29, 1.82) is 0 Å². The first-order valence-corrected chi connectivity index (χ1v) is 4.98. The molecule has 0 aliphatic heterocycles. The van der Waals surface area contributed by atoms with Gasteiger partial charge in [0.1, 0.15) is 5.82 Å². The van der Waals surface area contributed by atoms with Gasteiger partial charge in [-0.15, -0.1) is 22.6 Å². The minimum absolute atomic E-state index is 0. The Bertz CT molecular complexity index is 439. The van der Waals surface area contributed by atoms with Crippen molar-refractivity contribution < 1.29 is 0 Å². The normalized spacial score (nSPS) is 10.6. The van der Waals surface area contributed by atoms with Crippen LogP contribution >= 0.6 is 28.3 Å². The van der Waals surface area contributed by atoms with Crippen molar-refractivity contribution in [2.24, 2.45) is 0 Å². The van der Waals surface area contributed by atoms with Crippen molar-refractivity contribution in [2.45, 2.75) is 19.8 Å². The van der Waals surface area contributed by atoms with E-state index in [4.69, 9.17) is 0 Å². The molecule has 2 heterocycles. The standard InChI is InChI=1S/C9H10BrN3.ClH/c1-6(2)9-12-11-8-4-3-7(10)5-13(8)9;/h3-6H,1-2H3;1H. The number of rotatable bonds is 1. The maximum atomic E-state index is 4.13. The molecule has 0 aliphatic carbocycles. The Morgan fingerprint density at radius 1 is 1.29 bits per heavy atom. The molecule has 14 heavy (non-hydrogen) atoms. The molecule has 0 bridgehead atoms. The van der Waals surface area contributed by atoms with E-state index in [0.717, 1.165) is 15.9 Å². The predicted octanol–water partition coefficient (Wildman–Crippen LogP) is 3.04. The lowest BCUT2D eigenvalue weighted by atomic mass is 10.2. The van der Waals surface area contributed by atoms with Crippen LogP contribution < -0.4 is 0 Å². The second-order valence-electron chi connectivity index (χ2n) is 3.29. The highest BCUT2D eigenvalue weighted by molar-refractivity contribution is 9.10. The minimum Gasteiger partial charge on any atom is -0.285 e. The van der Waals surface area contributed by atoms with Crippen molar-refractivity contribution in [3.8, 4) is 0 Å². The maximum absolute atomic E-state index is 4.13. The van der Waals surface area contributed by atoms with Crippen molar-refractivity contribution in [3.05, 3.63) is 28.6 Å². The predicted molar refractivity (Wildman–Crippen MR) is 62.0 cm³/mol. The van der Waals surface area contributed by atoms with Gasteiger partial charge in [0.15, 0.2) is 5.65 Å². The zero-order valence-corrected chi connectivity index (χ0v) is 10.3. The topological polar surface area (TPSA) is 30.2 Å². The summed E-state index contributed by atoms with van der Waals surface area (Å²) in [5, 5.41) is 8.20. The van der Waals surface area contributed by atoms with E-state index in [1.165, 1.54) is 0 Å². The number of halogens is 2. The molecule has 5 heteroatoms. The second-order valence-corrected chi connectivity index (χ2v) is 4.20. The molecule has 0 radical (unpaired) electrons. The van der Waals surface area contributed by atoms with Crippen molar-refractivity contribution >= 4 is 34.0 Å². The van der Waals surface area contributed by atoms with Gasteiger partial charge >= 0.3 is 0 Å². The summed E-state index contributed by atoms with van der Waals surface area (Å²) < 4.78 is 3.05. The van der Waals surface area contributed by atoms with Crippen LogP contribution in [0.1, 0.15) is 25.6 Å². The quantitative estimate of drug-likeness (QED) is 0.801. The number of aromatic nitrogens is 3. The van der Waals surface area contributed by atoms with Crippen LogP contribution in [0.15, 0.2) is 22.8 Å². The summed E-state index contributed by atoms with van der Waals surface area (Å²) in [5.74, 6) is 1.39. The Kier molecular flexibility index (Phi) is 3.50. The maximum Gasteiger partial charge on any atom is 0.160 e. The fourth-order valence-corrected chi connectivity index (χ4v) is 1.61. The van der Waals surface area contributed by atoms with E-state index < -0.39 is 0 Å². The van der Waals surface area contributed by atoms with Crippen LogP contribution in [0, 0.1) is 0 Å². The molecule has 0 spiro atoms. The SMILES string of the molecule is CC(C)c1nnc2ccc(Br)cn12.Cl. The average molecular weight is 277 g/mol. The van der Waals surface area contributed by atoms with E-state index in [1.54, 1.807) is 0 Å². The Morgan fingerprint density at radius 2 is 2.00 bits per heavy atom. The first kappa shape index (κ1) is 11.5. The molecule has 2 aromatic rings. The van der Waals surface area contributed by atoms with E-state index in [2.05, 4.69) is 40.0 Å². The molecule has 3 nitrogen and oxygen atoms in total. The summed E-state index contributed by atoms with van der Waals surface area (Å²) in [6.45, 7) is 4.22. The highest BCUT2D eigenvalue weighted by atomic mass is 79.9. The lowest BCUT2D eigenvalue weighted by molar-refractivity contribution is 0.758. The molecular weight excluding hydrogens is 265 g/mol. The van der Waals surface area contributed by atoms with Crippen LogP contribution in [0.5, 0.6) is 0 Å². The molecule has 0 saturated carbocycles. The van der Waals surface area contributed by atoms with Gasteiger partial charge in [0.25, 0.3) is 0 Å². The highest BCUT2D eigenvalue weighted by Gasteiger charge is 2.08. The number of hydrogen-bond donors (Lipinski definition) is 0. The molecular formula is C9H11BrClN3. The van der Waals surface area contributed by atoms with Gasteiger partial charge in [0.2, 0.25) is 0 Å². The number of pyridine rings is 1. The third-order valence-corrected chi connectivity index (χ3v) is 2.38. The third kappa shape index (κ3) is 1.91. The number of fused-ring (bicyclic) bond motifs is 1. The van der Waals surface area contributed by atoms with E-state index in [0.29, 0.717) is 5.92 Å². The minimum atomic E-state index is 0. The summed E-state index contributed by atoms with van der Waals surface area (Å²) in [4.78, 5) is 0. The van der Waals surface area contributed by atoms with Crippen molar-refractivity contribution in [3.63, 3.8) is 0 Å². The first-order chi connectivity index (χ1) is 6.18. The first-order valence-electron chi connectivity index (χ1n) is 4.18. The Morgan fingerprint density at radius 3 is 2.64 bits per heavy atom. The van der Waals surface area contributed by atoms with Crippen LogP contribution in [0.4, 0.5) is 0 Å². The zero-order valence-electron chi connectivity index (χ0n) is 7.94. The zero-order chi connectivity index (χ0) is 9.42. The van der Waals surface area contributed by atoms with Gasteiger partial charge in [-0.25, -0.2) is 0 Å². The molecule has 0 unspecified atom stereocenters. The molecule has 0 fully saturated rings. The monoisotopic (exact) mass is 275 g/mol. The van der Waals surface area contributed by atoms with Gasteiger partial charge in [-0.2, -0.15) is 0 Å². The fourth-order valence-electron chi connectivity index (χ4n) is 1.28. The van der Waals surface area contributed by atoms with E-state index in [1.807, 2.05) is 22.7 Å². The molecule has 2 rings (SSSR count). The Hall–Kier alpha value is -0.610. The molecule has 2 aromatic heterocycles. The summed E-state index contributed by atoms with van der Waals surface area (Å²) in [5.41, 5.74) is 0.895. The van der Waals surface area contributed by atoms with E-state index in [-0.39, 0.29) is 12.4 Å². The lowest BCUT2D eigenvalue weighted by Crippen LogP contribution is -1.96. The summed E-state index contributed by atoms with van der Waals surface area (Å²) in [6.07, 6.45) is 1.99. The van der Waals surface area contributed by atoms with Gasteiger partial charge in [-0.05, 0) is 28.1 Å². The van der Waals surface area contributed by atoms with Crippen LogP contribution in [0.2, 0.25) is 0 Å². The van der Waals surface area contributed by atoms with Gasteiger partial charge in [-0.1, -0.05) is 13.8 Å². The Labute approximate surface area is 97.1 Å². The highest BCUT2D eigenvalue weighted by Crippen LogP contribution is 2.16. The molecule has 0 N–H and O–H groups in total. The lowest BCUT2D eigenvalue weighted by Gasteiger charge is -2.01. The molecule has 0 saturated heterocycles. The summed E-state index contributed by atoms with van der Waals surface area (Å²) >= 11 is 3.42. The largest absolute Gasteiger partial charge is 0.285 e. The molecule has 76 valence electrons. The number of hydrogen-bond acceptors (Lipinski definition) is 2. The van der Waals surface area contributed by atoms with E-state index >= 15 is 0 Å². The average Bonchev–Trinajstić information content (AvgIpc) is 2.46.